The SMILES string of the molecule is Cc1ccc(N)c(NC2CCC(C)C2)n1. The van der Waals surface area contributed by atoms with Gasteiger partial charge < -0.3 is 11.1 Å². The maximum absolute atomic E-state index is 5.88. The molecule has 0 radical (unpaired) electrons. The van der Waals surface area contributed by atoms with Crippen LogP contribution in [0.15, 0.2) is 12.1 Å². The predicted octanol–water partition coefficient (Wildman–Crippen LogP) is 2.57. The van der Waals surface area contributed by atoms with E-state index in [4.69, 9.17) is 5.73 Å². The lowest BCUT2D eigenvalue weighted by Gasteiger charge is -2.15. The van der Waals surface area contributed by atoms with Crippen molar-refractivity contribution >= 4 is 11.5 Å². The van der Waals surface area contributed by atoms with Crippen LogP contribution in [0.1, 0.15) is 31.9 Å². The largest absolute Gasteiger partial charge is 0.396 e. The maximum atomic E-state index is 5.88. The van der Waals surface area contributed by atoms with Gasteiger partial charge in [0.1, 0.15) is 5.82 Å². The number of nitrogens with one attached hydrogen (secondary N) is 1. The summed E-state index contributed by atoms with van der Waals surface area (Å²) < 4.78 is 0. The first kappa shape index (κ1) is 10.3. The van der Waals surface area contributed by atoms with Gasteiger partial charge in [0.25, 0.3) is 0 Å². The van der Waals surface area contributed by atoms with E-state index in [0.717, 1.165) is 23.1 Å². The average Bonchev–Trinajstić information content (AvgIpc) is 2.58. The zero-order chi connectivity index (χ0) is 10.8. The summed E-state index contributed by atoms with van der Waals surface area (Å²) in [4.78, 5) is 4.43. The van der Waals surface area contributed by atoms with Crippen LogP contribution in [0.25, 0.3) is 0 Å². The molecule has 2 rings (SSSR count). The van der Waals surface area contributed by atoms with Crippen LogP contribution in [0.5, 0.6) is 0 Å². The van der Waals surface area contributed by atoms with Gasteiger partial charge in [-0.3, -0.25) is 0 Å². The Kier molecular flexibility index (Phi) is 2.80. The van der Waals surface area contributed by atoms with E-state index >= 15 is 0 Å². The highest BCUT2D eigenvalue weighted by molar-refractivity contribution is 5.61. The number of anilines is 2. The summed E-state index contributed by atoms with van der Waals surface area (Å²) in [5.74, 6) is 1.68. The molecule has 1 aliphatic rings. The third-order valence-corrected chi connectivity index (χ3v) is 3.10. The van der Waals surface area contributed by atoms with Crippen molar-refractivity contribution in [1.82, 2.24) is 4.98 Å². The molecule has 82 valence electrons. The van der Waals surface area contributed by atoms with E-state index in [2.05, 4.69) is 17.2 Å². The predicted molar refractivity (Wildman–Crippen MR) is 63.8 cm³/mol. The van der Waals surface area contributed by atoms with Gasteiger partial charge in [0.2, 0.25) is 0 Å². The molecule has 0 aromatic carbocycles. The summed E-state index contributed by atoms with van der Waals surface area (Å²) in [5.41, 5.74) is 7.64. The van der Waals surface area contributed by atoms with Crippen molar-refractivity contribution in [3.05, 3.63) is 17.8 Å². The van der Waals surface area contributed by atoms with Crippen LogP contribution in [0.2, 0.25) is 0 Å². The van der Waals surface area contributed by atoms with Gasteiger partial charge in [-0.1, -0.05) is 6.92 Å². The summed E-state index contributed by atoms with van der Waals surface area (Å²) in [6.07, 6.45) is 3.77. The number of pyridine rings is 1. The van der Waals surface area contributed by atoms with E-state index in [-0.39, 0.29) is 0 Å². The van der Waals surface area contributed by atoms with Crippen LogP contribution >= 0.6 is 0 Å². The molecule has 0 saturated heterocycles. The second-order valence-corrected chi connectivity index (χ2v) is 4.65. The van der Waals surface area contributed by atoms with E-state index in [9.17, 15) is 0 Å². The summed E-state index contributed by atoms with van der Waals surface area (Å²) in [5, 5.41) is 3.44. The van der Waals surface area contributed by atoms with Gasteiger partial charge in [-0.2, -0.15) is 0 Å². The summed E-state index contributed by atoms with van der Waals surface area (Å²) in [6, 6.07) is 4.41. The smallest absolute Gasteiger partial charge is 0.149 e. The van der Waals surface area contributed by atoms with Gasteiger partial charge in [0, 0.05) is 11.7 Å². The minimum absolute atomic E-state index is 0.552. The van der Waals surface area contributed by atoms with Gasteiger partial charge in [0.15, 0.2) is 0 Å². The molecule has 1 heterocycles. The highest BCUT2D eigenvalue weighted by Crippen LogP contribution is 2.28. The van der Waals surface area contributed by atoms with Crippen LogP contribution in [0, 0.1) is 12.8 Å². The monoisotopic (exact) mass is 205 g/mol. The Labute approximate surface area is 91.1 Å². The molecule has 0 aliphatic heterocycles. The fourth-order valence-electron chi connectivity index (χ4n) is 2.21. The fraction of sp³-hybridized carbons (Fsp3) is 0.583. The normalized spacial score (nSPS) is 25.5. The molecule has 3 nitrogen and oxygen atoms in total. The molecule has 3 heteroatoms. The van der Waals surface area contributed by atoms with Gasteiger partial charge in [-0.15, -0.1) is 0 Å². The number of aryl methyl sites for hydroxylation is 1. The fourth-order valence-corrected chi connectivity index (χ4v) is 2.21. The van der Waals surface area contributed by atoms with Crippen LogP contribution < -0.4 is 11.1 Å². The van der Waals surface area contributed by atoms with E-state index < -0.39 is 0 Å². The number of aromatic nitrogens is 1. The van der Waals surface area contributed by atoms with E-state index in [1.54, 1.807) is 0 Å². The van der Waals surface area contributed by atoms with Gasteiger partial charge in [-0.05, 0) is 44.2 Å². The number of nitrogen functional groups attached to an aromatic ring is 1. The molecule has 1 aliphatic carbocycles. The standard InChI is InChI=1S/C12H19N3/c1-8-3-5-10(7-8)15-12-11(13)6-4-9(2)14-12/h4,6,8,10H,3,5,7,13H2,1-2H3,(H,14,15). The van der Waals surface area contributed by atoms with Gasteiger partial charge in [0.05, 0.1) is 5.69 Å². The number of hydrogen-bond acceptors (Lipinski definition) is 3. The van der Waals surface area contributed by atoms with Crippen molar-refractivity contribution in [3.63, 3.8) is 0 Å². The van der Waals surface area contributed by atoms with Crippen molar-refractivity contribution in [2.75, 3.05) is 11.1 Å². The average molecular weight is 205 g/mol. The molecule has 0 amide bonds. The highest BCUT2D eigenvalue weighted by atomic mass is 15.0. The minimum Gasteiger partial charge on any atom is -0.396 e. The number of nitrogens with two attached hydrogens (primary N) is 1. The third-order valence-electron chi connectivity index (χ3n) is 3.10. The van der Waals surface area contributed by atoms with Crippen LogP contribution in [0.3, 0.4) is 0 Å². The van der Waals surface area contributed by atoms with Crippen LogP contribution in [0.4, 0.5) is 11.5 Å². The van der Waals surface area contributed by atoms with Gasteiger partial charge in [-0.25, -0.2) is 4.98 Å². The summed E-state index contributed by atoms with van der Waals surface area (Å²) in [7, 11) is 0. The molecule has 1 saturated carbocycles. The lowest BCUT2D eigenvalue weighted by Crippen LogP contribution is -2.17. The highest BCUT2D eigenvalue weighted by Gasteiger charge is 2.21. The minimum atomic E-state index is 0.552. The van der Waals surface area contributed by atoms with Crippen molar-refractivity contribution in [2.24, 2.45) is 5.92 Å². The number of nitrogens with zero attached hydrogens (tertiary/aromatic N) is 1. The first-order chi connectivity index (χ1) is 7.15. The molecule has 1 aromatic heterocycles. The maximum Gasteiger partial charge on any atom is 0.149 e. The Morgan fingerprint density at radius 3 is 2.87 bits per heavy atom. The molecular weight excluding hydrogens is 186 g/mol. The molecule has 1 fully saturated rings. The zero-order valence-corrected chi connectivity index (χ0v) is 9.46. The Balaban J connectivity index is 2.07. The van der Waals surface area contributed by atoms with Crippen LogP contribution in [-0.2, 0) is 0 Å². The van der Waals surface area contributed by atoms with E-state index in [1.807, 2.05) is 19.1 Å². The number of rotatable bonds is 2. The Morgan fingerprint density at radius 2 is 2.20 bits per heavy atom. The second-order valence-electron chi connectivity index (χ2n) is 4.65. The first-order valence-corrected chi connectivity index (χ1v) is 5.65. The molecule has 1 aromatic rings. The molecule has 15 heavy (non-hydrogen) atoms. The molecule has 2 atom stereocenters. The van der Waals surface area contributed by atoms with Crippen molar-refractivity contribution in [2.45, 2.75) is 39.2 Å². The zero-order valence-electron chi connectivity index (χ0n) is 9.46. The quantitative estimate of drug-likeness (QED) is 0.780. The first-order valence-electron chi connectivity index (χ1n) is 5.65. The lowest BCUT2D eigenvalue weighted by atomic mass is 10.1. The molecule has 2 unspecified atom stereocenters. The van der Waals surface area contributed by atoms with Crippen molar-refractivity contribution in [1.29, 1.82) is 0 Å². The molecule has 0 bridgehead atoms. The Hall–Kier alpha value is -1.25. The molecule has 0 spiro atoms. The van der Waals surface area contributed by atoms with E-state index in [1.165, 1.54) is 19.3 Å². The van der Waals surface area contributed by atoms with Gasteiger partial charge >= 0.3 is 0 Å². The molecular formula is C12H19N3. The van der Waals surface area contributed by atoms with Crippen molar-refractivity contribution < 1.29 is 0 Å². The summed E-state index contributed by atoms with van der Waals surface area (Å²) in [6.45, 7) is 4.29. The Bertz CT molecular complexity index is 349. The third kappa shape index (κ3) is 2.41. The lowest BCUT2D eigenvalue weighted by molar-refractivity contribution is 0.602. The van der Waals surface area contributed by atoms with Crippen molar-refractivity contribution in [3.8, 4) is 0 Å². The second kappa shape index (κ2) is 4.09. The summed E-state index contributed by atoms with van der Waals surface area (Å²) >= 11 is 0. The Morgan fingerprint density at radius 1 is 1.40 bits per heavy atom. The topological polar surface area (TPSA) is 50.9 Å². The van der Waals surface area contributed by atoms with E-state index in [0.29, 0.717) is 6.04 Å². The van der Waals surface area contributed by atoms with Crippen LogP contribution in [-0.4, -0.2) is 11.0 Å². The number of hydrogen-bond donors (Lipinski definition) is 2. The molecule has 3 N–H and O–H groups in total.